The summed E-state index contributed by atoms with van der Waals surface area (Å²) in [7, 11) is 0. The van der Waals surface area contributed by atoms with Crippen LogP contribution in [0.4, 0.5) is 4.39 Å². The van der Waals surface area contributed by atoms with Gasteiger partial charge in [-0.2, -0.15) is 0 Å². The minimum Gasteiger partial charge on any atom is -0.231 e. The van der Waals surface area contributed by atoms with E-state index >= 15 is 0 Å². The molecule has 0 aromatic carbocycles. The van der Waals surface area contributed by atoms with Gasteiger partial charge in [0, 0.05) is 0 Å². The molecule has 0 atom stereocenters. The number of hydrogen-bond acceptors (Lipinski definition) is 0. The average Bonchev–Trinajstić information content (AvgIpc) is 1.65. The third kappa shape index (κ3) is 1.66. The average molecular weight is 133 g/mol. The molecular formula is C6H10FS. The van der Waals surface area contributed by atoms with Gasteiger partial charge in [0.1, 0.15) is 0 Å². The van der Waals surface area contributed by atoms with Crippen LogP contribution in [0.2, 0.25) is 0 Å². The molecule has 0 unspecified atom stereocenters. The normalized spacial score (nSPS) is 27.8. The van der Waals surface area contributed by atoms with Crippen molar-refractivity contribution in [2.24, 2.45) is 0 Å². The Labute approximate surface area is 54.9 Å². The van der Waals surface area contributed by atoms with E-state index in [2.05, 4.69) is 12.6 Å². The van der Waals surface area contributed by atoms with Crippen molar-refractivity contribution in [3.05, 3.63) is 0 Å². The second-order valence-corrected chi connectivity index (χ2v) is 3.18. The van der Waals surface area contributed by atoms with Gasteiger partial charge in [-0.05, 0) is 38.3 Å². The molecule has 2 heteroatoms. The van der Waals surface area contributed by atoms with Crippen molar-refractivity contribution >= 4 is 12.6 Å². The van der Waals surface area contributed by atoms with Crippen LogP contribution in [-0.4, -0.2) is 5.00 Å². The minimum atomic E-state index is -1.24. The molecule has 1 radical (unpaired) electrons. The highest BCUT2D eigenvalue weighted by Gasteiger charge is 2.27. The second kappa shape index (κ2) is 2.26. The molecule has 0 aromatic heterocycles. The maximum atomic E-state index is 12.7. The van der Waals surface area contributed by atoms with Gasteiger partial charge in [0.15, 0.2) is 5.00 Å². The van der Waals surface area contributed by atoms with Crippen molar-refractivity contribution in [1.82, 2.24) is 0 Å². The van der Waals surface area contributed by atoms with E-state index in [4.69, 9.17) is 0 Å². The van der Waals surface area contributed by atoms with Crippen molar-refractivity contribution in [3.63, 3.8) is 0 Å². The highest BCUT2D eigenvalue weighted by molar-refractivity contribution is 7.81. The van der Waals surface area contributed by atoms with Crippen LogP contribution >= 0.6 is 12.6 Å². The summed E-state index contributed by atoms with van der Waals surface area (Å²) in [5.74, 6) is 0. The zero-order valence-electron chi connectivity index (χ0n) is 4.82. The molecule has 1 rings (SSSR count). The fourth-order valence-electron chi connectivity index (χ4n) is 1.08. The van der Waals surface area contributed by atoms with E-state index in [1.54, 1.807) is 0 Å². The summed E-state index contributed by atoms with van der Waals surface area (Å²) in [6.45, 7) is 0. The van der Waals surface area contributed by atoms with Crippen LogP contribution in [0.25, 0.3) is 0 Å². The van der Waals surface area contributed by atoms with Gasteiger partial charge < -0.3 is 0 Å². The molecule has 0 saturated heterocycles. The third-order valence-electron chi connectivity index (χ3n) is 1.60. The molecule has 0 nitrogen and oxygen atoms in total. The van der Waals surface area contributed by atoms with Crippen molar-refractivity contribution in [2.75, 3.05) is 0 Å². The van der Waals surface area contributed by atoms with Crippen molar-refractivity contribution in [3.8, 4) is 0 Å². The van der Waals surface area contributed by atoms with Gasteiger partial charge in [-0.3, -0.25) is 0 Å². The lowest BCUT2D eigenvalue weighted by Crippen LogP contribution is -2.17. The fourth-order valence-corrected chi connectivity index (χ4v) is 1.37. The first-order valence-electron chi connectivity index (χ1n) is 3.10. The van der Waals surface area contributed by atoms with E-state index in [1.165, 1.54) is 6.42 Å². The zero-order chi connectivity index (χ0) is 6.04. The van der Waals surface area contributed by atoms with Crippen LogP contribution in [0.3, 0.4) is 0 Å². The topological polar surface area (TPSA) is 0 Å². The Balaban J connectivity index is 2.33. The summed E-state index contributed by atoms with van der Waals surface area (Å²) in [4.78, 5) is 0. The molecule has 1 saturated carbocycles. The first-order chi connectivity index (χ1) is 3.71. The van der Waals surface area contributed by atoms with Gasteiger partial charge in [-0.15, -0.1) is 0 Å². The van der Waals surface area contributed by atoms with Crippen molar-refractivity contribution in [1.29, 1.82) is 0 Å². The second-order valence-electron chi connectivity index (χ2n) is 2.44. The molecule has 0 aromatic rings. The van der Waals surface area contributed by atoms with E-state index in [0.717, 1.165) is 12.8 Å². The Morgan fingerprint density at radius 3 is 1.88 bits per heavy atom. The van der Waals surface area contributed by atoms with Crippen LogP contribution in [0, 0.1) is 0 Å². The molecule has 0 bridgehead atoms. The summed E-state index contributed by atoms with van der Waals surface area (Å²) in [6.07, 6.45) is 4.34. The predicted molar refractivity (Wildman–Crippen MR) is 34.5 cm³/mol. The first kappa shape index (κ1) is 6.40. The third-order valence-corrected chi connectivity index (χ3v) is 2.01. The van der Waals surface area contributed by atoms with Gasteiger partial charge in [-0.25, -0.2) is 4.39 Å². The lowest BCUT2D eigenvalue weighted by atomic mass is 9.98. The summed E-state index contributed by atoms with van der Waals surface area (Å²) in [5, 5.41) is -1.24. The standard InChI is InChI=1S/C6H10FS/c7-6(8)4-2-1-3-5-6/h1-5H2. The van der Waals surface area contributed by atoms with Crippen molar-refractivity contribution in [2.45, 2.75) is 37.1 Å². The molecular weight excluding hydrogens is 123 g/mol. The Hall–Kier alpha value is 0.280. The summed E-state index contributed by atoms with van der Waals surface area (Å²) >= 11 is 4.63. The van der Waals surface area contributed by atoms with Crippen LogP contribution in [0.1, 0.15) is 32.1 Å². The number of halogens is 1. The molecule has 1 aliphatic carbocycles. The van der Waals surface area contributed by atoms with Gasteiger partial charge >= 0.3 is 0 Å². The molecule has 1 aliphatic rings. The summed E-state index contributed by atoms with van der Waals surface area (Å²) < 4.78 is 12.7. The maximum absolute atomic E-state index is 12.7. The van der Waals surface area contributed by atoms with Gasteiger partial charge in [0.2, 0.25) is 0 Å². The predicted octanol–water partition coefficient (Wildman–Crippen LogP) is 2.81. The number of hydrogen-bond donors (Lipinski definition) is 0. The molecule has 47 valence electrons. The van der Waals surface area contributed by atoms with E-state index in [-0.39, 0.29) is 0 Å². The quantitative estimate of drug-likeness (QED) is 0.476. The van der Waals surface area contributed by atoms with Gasteiger partial charge in [-0.1, -0.05) is 6.42 Å². The first-order valence-corrected chi connectivity index (χ1v) is 3.51. The highest BCUT2D eigenvalue weighted by Crippen LogP contribution is 2.34. The zero-order valence-corrected chi connectivity index (χ0v) is 5.64. The fraction of sp³-hybridized carbons (Fsp3) is 1.00. The smallest absolute Gasteiger partial charge is 0.166 e. The van der Waals surface area contributed by atoms with E-state index < -0.39 is 5.00 Å². The van der Waals surface area contributed by atoms with Crippen LogP contribution in [-0.2, 0) is 0 Å². The molecule has 0 heterocycles. The molecule has 0 aliphatic heterocycles. The Kier molecular flexibility index (Phi) is 1.81. The lowest BCUT2D eigenvalue weighted by molar-refractivity contribution is 0.215. The SMILES string of the molecule is FC1([S])CCCCC1. The largest absolute Gasteiger partial charge is 0.231 e. The van der Waals surface area contributed by atoms with E-state index in [1.807, 2.05) is 0 Å². The monoisotopic (exact) mass is 133 g/mol. The maximum Gasteiger partial charge on any atom is 0.166 e. The number of rotatable bonds is 0. The molecule has 8 heavy (non-hydrogen) atoms. The molecule has 1 fully saturated rings. The molecule has 0 amide bonds. The molecule has 0 spiro atoms. The Bertz CT molecular complexity index is 72.6. The molecule has 0 N–H and O–H groups in total. The van der Waals surface area contributed by atoms with E-state index in [9.17, 15) is 4.39 Å². The van der Waals surface area contributed by atoms with Gasteiger partial charge in [0.25, 0.3) is 0 Å². The van der Waals surface area contributed by atoms with Crippen LogP contribution in [0.15, 0.2) is 0 Å². The number of alkyl halides is 1. The van der Waals surface area contributed by atoms with Crippen LogP contribution in [0.5, 0.6) is 0 Å². The Morgan fingerprint density at radius 2 is 1.62 bits per heavy atom. The Morgan fingerprint density at radius 1 is 1.12 bits per heavy atom. The van der Waals surface area contributed by atoms with E-state index in [0.29, 0.717) is 12.8 Å². The van der Waals surface area contributed by atoms with Crippen LogP contribution < -0.4 is 0 Å². The van der Waals surface area contributed by atoms with Crippen molar-refractivity contribution < 1.29 is 4.39 Å². The lowest BCUT2D eigenvalue weighted by Gasteiger charge is -2.22. The highest BCUT2D eigenvalue weighted by atomic mass is 32.1. The minimum absolute atomic E-state index is 0.600. The van der Waals surface area contributed by atoms with Gasteiger partial charge in [0.05, 0.1) is 0 Å². The summed E-state index contributed by atoms with van der Waals surface area (Å²) in [5.41, 5.74) is 0. The summed E-state index contributed by atoms with van der Waals surface area (Å²) in [6, 6.07) is 0.